The van der Waals surface area contributed by atoms with E-state index in [1.807, 2.05) is 12.1 Å². The van der Waals surface area contributed by atoms with Gasteiger partial charge < -0.3 is 0 Å². The molecule has 21 heavy (non-hydrogen) atoms. The fourth-order valence-electron chi connectivity index (χ4n) is 6.13. The van der Waals surface area contributed by atoms with Gasteiger partial charge in [-0.1, -0.05) is 52.1 Å². The zero-order valence-corrected chi connectivity index (χ0v) is 15.4. The lowest BCUT2D eigenvalue weighted by Gasteiger charge is -2.63. The standard InChI is InChI=1S/C18H21BrCl2/c1-17-6-11-4-12(7-17)9-18(8-11,10-17)16(19)14-3-2-13(20)5-15(14)21/h2-3,5,11-12,16H,4,6-10H2,1H3. The average molecular weight is 388 g/mol. The molecule has 0 radical (unpaired) electrons. The zero-order chi connectivity index (χ0) is 14.8. The van der Waals surface area contributed by atoms with Crippen molar-refractivity contribution >= 4 is 39.1 Å². The number of alkyl halides is 1. The summed E-state index contributed by atoms with van der Waals surface area (Å²) in [6.45, 7) is 2.52. The summed E-state index contributed by atoms with van der Waals surface area (Å²) >= 11 is 16.6. The van der Waals surface area contributed by atoms with Crippen LogP contribution in [0.2, 0.25) is 10.0 Å². The molecule has 0 spiro atoms. The summed E-state index contributed by atoms with van der Waals surface area (Å²) < 4.78 is 0. The van der Waals surface area contributed by atoms with E-state index in [2.05, 4.69) is 28.9 Å². The topological polar surface area (TPSA) is 0 Å². The van der Waals surface area contributed by atoms with E-state index in [1.165, 1.54) is 44.1 Å². The third kappa shape index (κ3) is 2.39. The van der Waals surface area contributed by atoms with E-state index in [9.17, 15) is 0 Å². The van der Waals surface area contributed by atoms with Crippen LogP contribution in [-0.2, 0) is 0 Å². The van der Waals surface area contributed by atoms with Crippen LogP contribution in [-0.4, -0.2) is 0 Å². The van der Waals surface area contributed by atoms with E-state index in [4.69, 9.17) is 23.2 Å². The fourth-order valence-corrected chi connectivity index (χ4v) is 7.72. The third-order valence-electron chi connectivity index (χ3n) is 6.17. The first-order valence-electron chi connectivity index (χ1n) is 7.98. The summed E-state index contributed by atoms with van der Waals surface area (Å²) in [5, 5.41) is 1.53. The summed E-state index contributed by atoms with van der Waals surface area (Å²) in [7, 11) is 0. The molecule has 1 aromatic rings. The van der Waals surface area contributed by atoms with Crippen LogP contribution in [0.25, 0.3) is 0 Å². The van der Waals surface area contributed by atoms with Gasteiger partial charge in [0, 0.05) is 14.9 Å². The van der Waals surface area contributed by atoms with Gasteiger partial charge in [-0.05, 0) is 78.9 Å². The van der Waals surface area contributed by atoms with Crippen LogP contribution in [0, 0.1) is 22.7 Å². The van der Waals surface area contributed by atoms with Crippen molar-refractivity contribution in [3.63, 3.8) is 0 Å². The molecule has 5 rings (SSSR count). The van der Waals surface area contributed by atoms with E-state index < -0.39 is 0 Å². The molecule has 0 aromatic heterocycles. The van der Waals surface area contributed by atoms with Gasteiger partial charge >= 0.3 is 0 Å². The summed E-state index contributed by atoms with van der Waals surface area (Å²) in [5.74, 6) is 1.87. The van der Waals surface area contributed by atoms with Gasteiger partial charge in [0.05, 0.1) is 0 Å². The van der Waals surface area contributed by atoms with E-state index in [1.54, 1.807) is 0 Å². The van der Waals surface area contributed by atoms with Gasteiger partial charge in [0.1, 0.15) is 0 Å². The van der Waals surface area contributed by atoms with Crippen LogP contribution in [0.5, 0.6) is 0 Å². The minimum absolute atomic E-state index is 0.361. The second-order valence-electron chi connectivity index (χ2n) is 8.16. The Morgan fingerprint density at radius 3 is 2.38 bits per heavy atom. The molecule has 4 saturated carbocycles. The summed E-state index contributed by atoms with van der Waals surface area (Å²) in [4.78, 5) is 0.361. The predicted molar refractivity (Wildman–Crippen MR) is 93.4 cm³/mol. The lowest BCUT2D eigenvalue weighted by Crippen LogP contribution is -2.52. The molecule has 4 fully saturated rings. The molecule has 0 aliphatic heterocycles. The molecule has 4 aliphatic rings. The highest BCUT2D eigenvalue weighted by molar-refractivity contribution is 9.09. The van der Waals surface area contributed by atoms with Gasteiger partial charge in [0.2, 0.25) is 0 Å². The normalized spacial score (nSPS) is 42.3. The lowest BCUT2D eigenvalue weighted by molar-refractivity contribution is -0.101. The Morgan fingerprint density at radius 2 is 1.81 bits per heavy atom. The van der Waals surface area contributed by atoms with Gasteiger partial charge in [0.15, 0.2) is 0 Å². The Kier molecular flexibility index (Phi) is 3.45. The molecule has 4 bridgehead atoms. The van der Waals surface area contributed by atoms with Crippen molar-refractivity contribution in [1.29, 1.82) is 0 Å². The minimum atomic E-state index is 0.361. The quantitative estimate of drug-likeness (QED) is 0.477. The molecule has 3 heteroatoms. The first-order valence-corrected chi connectivity index (χ1v) is 9.65. The molecule has 0 heterocycles. The SMILES string of the molecule is CC12CC3CC(C1)CC(C(Br)c1ccc(Cl)cc1Cl)(C3)C2. The smallest absolute Gasteiger partial charge is 0.0466 e. The van der Waals surface area contributed by atoms with Crippen molar-refractivity contribution in [1.82, 2.24) is 0 Å². The van der Waals surface area contributed by atoms with Crippen LogP contribution < -0.4 is 0 Å². The third-order valence-corrected chi connectivity index (χ3v) is 8.20. The number of rotatable bonds is 2. The predicted octanol–water partition coefficient (Wildman–Crippen LogP) is 7.04. The molecule has 0 N–H and O–H groups in total. The highest BCUT2D eigenvalue weighted by Gasteiger charge is 2.58. The van der Waals surface area contributed by atoms with Crippen LogP contribution in [0.3, 0.4) is 0 Å². The molecule has 3 atom stereocenters. The van der Waals surface area contributed by atoms with E-state index >= 15 is 0 Å². The first-order chi connectivity index (χ1) is 9.89. The lowest BCUT2D eigenvalue weighted by atomic mass is 9.44. The summed E-state index contributed by atoms with van der Waals surface area (Å²) in [6.07, 6.45) is 8.44. The Balaban J connectivity index is 1.72. The highest BCUT2D eigenvalue weighted by atomic mass is 79.9. The van der Waals surface area contributed by atoms with Crippen molar-refractivity contribution in [3.05, 3.63) is 33.8 Å². The number of halogens is 3. The zero-order valence-electron chi connectivity index (χ0n) is 12.3. The van der Waals surface area contributed by atoms with Crippen molar-refractivity contribution in [2.45, 2.75) is 50.3 Å². The number of hydrogen-bond acceptors (Lipinski definition) is 0. The molecule has 0 saturated heterocycles. The van der Waals surface area contributed by atoms with Gasteiger partial charge in [-0.15, -0.1) is 0 Å². The Hall–Kier alpha value is 0.280. The molecule has 114 valence electrons. The van der Waals surface area contributed by atoms with Crippen molar-refractivity contribution in [3.8, 4) is 0 Å². The molecule has 0 amide bonds. The Bertz CT molecular complexity index is 569. The average Bonchev–Trinajstić information content (AvgIpc) is 2.35. The molecule has 0 nitrogen and oxygen atoms in total. The maximum absolute atomic E-state index is 6.48. The summed E-state index contributed by atoms with van der Waals surface area (Å²) in [5.41, 5.74) is 2.19. The number of hydrogen-bond donors (Lipinski definition) is 0. The maximum atomic E-state index is 6.48. The van der Waals surface area contributed by atoms with Gasteiger partial charge in [-0.25, -0.2) is 0 Å². The van der Waals surface area contributed by atoms with Gasteiger partial charge in [-0.2, -0.15) is 0 Å². The van der Waals surface area contributed by atoms with E-state index in [-0.39, 0.29) is 0 Å². The second-order valence-corrected chi connectivity index (χ2v) is 9.92. The maximum Gasteiger partial charge on any atom is 0.0466 e. The molecule has 3 unspecified atom stereocenters. The summed E-state index contributed by atoms with van der Waals surface area (Å²) in [6, 6.07) is 5.97. The van der Waals surface area contributed by atoms with Crippen molar-refractivity contribution < 1.29 is 0 Å². The fraction of sp³-hybridized carbons (Fsp3) is 0.667. The second kappa shape index (κ2) is 4.89. The highest BCUT2D eigenvalue weighted by Crippen LogP contribution is 2.70. The van der Waals surface area contributed by atoms with E-state index in [0.29, 0.717) is 15.7 Å². The monoisotopic (exact) mass is 386 g/mol. The van der Waals surface area contributed by atoms with Crippen molar-refractivity contribution in [2.24, 2.45) is 22.7 Å². The van der Waals surface area contributed by atoms with E-state index in [0.717, 1.165) is 21.9 Å². The molecular formula is C18H21BrCl2. The van der Waals surface area contributed by atoms with Crippen LogP contribution >= 0.6 is 39.1 Å². The largest absolute Gasteiger partial charge is 0.0843 e. The number of benzene rings is 1. The molecule has 4 aliphatic carbocycles. The van der Waals surface area contributed by atoms with Gasteiger partial charge in [0.25, 0.3) is 0 Å². The first kappa shape index (κ1) is 14.8. The van der Waals surface area contributed by atoms with Crippen LogP contribution in [0.15, 0.2) is 18.2 Å². The van der Waals surface area contributed by atoms with Gasteiger partial charge in [-0.3, -0.25) is 0 Å². The Morgan fingerprint density at radius 1 is 1.14 bits per heavy atom. The molecule has 1 aromatic carbocycles. The van der Waals surface area contributed by atoms with Crippen LogP contribution in [0.1, 0.15) is 55.8 Å². The minimum Gasteiger partial charge on any atom is -0.0843 e. The van der Waals surface area contributed by atoms with Crippen LogP contribution in [0.4, 0.5) is 0 Å². The Labute approximate surface area is 145 Å². The van der Waals surface area contributed by atoms with Crippen molar-refractivity contribution in [2.75, 3.05) is 0 Å². The molecular weight excluding hydrogens is 367 g/mol.